The van der Waals surface area contributed by atoms with Crippen LogP contribution in [0.3, 0.4) is 0 Å². The average Bonchev–Trinajstić information content (AvgIpc) is 2.83. The Kier molecular flexibility index (Phi) is 11.3. The van der Waals surface area contributed by atoms with E-state index in [0.717, 1.165) is 41.9 Å². The van der Waals surface area contributed by atoms with Gasteiger partial charge in [-0.25, -0.2) is 0 Å². The van der Waals surface area contributed by atoms with Crippen molar-refractivity contribution in [2.24, 2.45) is 47.3 Å². The summed E-state index contributed by atoms with van der Waals surface area (Å²) in [5, 5.41) is 0. The first kappa shape index (κ1) is 27.5. The molecule has 1 saturated carbocycles. The molecule has 8 unspecified atom stereocenters. The summed E-state index contributed by atoms with van der Waals surface area (Å²) in [6.45, 7) is 14.3. The number of hydrogen-bond acceptors (Lipinski definition) is 0. The molecule has 3 aliphatic rings. The van der Waals surface area contributed by atoms with Crippen molar-refractivity contribution in [1.82, 2.24) is 0 Å². The zero-order valence-electron chi connectivity index (χ0n) is 23.6. The van der Waals surface area contributed by atoms with E-state index >= 15 is 0 Å². The van der Waals surface area contributed by atoms with E-state index < -0.39 is 0 Å². The molecule has 0 nitrogen and oxygen atoms in total. The molecular weight excluding hydrogens is 408 g/mol. The zero-order valence-corrected chi connectivity index (χ0v) is 23.6. The maximum atomic E-state index is 2.79. The van der Waals surface area contributed by atoms with E-state index in [4.69, 9.17) is 0 Å². The molecule has 0 saturated heterocycles. The third-order valence-corrected chi connectivity index (χ3v) is 9.32. The van der Waals surface area contributed by atoms with Crippen LogP contribution in [0.25, 0.3) is 0 Å². The smallest absolute Gasteiger partial charge is 0.00504 e. The predicted octanol–water partition coefficient (Wildman–Crippen LogP) is 10.7. The van der Waals surface area contributed by atoms with Crippen LogP contribution in [0.4, 0.5) is 0 Å². The molecule has 0 heteroatoms. The molecule has 0 amide bonds. The second kappa shape index (κ2) is 13.9. The number of hydrogen-bond donors (Lipinski definition) is 0. The fourth-order valence-corrected chi connectivity index (χ4v) is 7.47. The van der Waals surface area contributed by atoms with Crippen molar-refractivity contribution in [3.63, 3.8) is 0 Å². The lowest BCUT2D eigenvalue weighted by Gasteiger charge is -2.51. The predicted molar refractivity (Wildman–Crippen MR) is 152 cm³/mol. The van der Waals surface area contributed by atoms with Gasteiger partial charge in [-0.1, -0.05) is 108 Å². The Morgan fingerprint density at radius 1 is 0.794 bits per heavy atom. The van der Waals surface area contributed by atoms with Crippen LogP contribution >= 0.6 is 0 Å². The molecule has 1 fully saturated rings. The van der Waals surface area contributed by atoms with Crippen LogP contribution in [-0.4, -0.2) is 0 Å². The Morgan fingerprint density at radius 3 is 2.12 bits per heavy atom. The minimum absolute atomic E-state index is 0.679. The van der Waals surface area contributed by atoms with Crippen molar-refractivity contribution in [3.8, 4) is 0 Å². The molecule has 0 aromatic rings. The highest BCUT2D eigenvalue weighted by atomic mass is 14.5. The van der Waals surface area contributed by atoms with Gasteiger partial charge in [0.25, 0.3) is 0 Å². The van der Waals surface area contributed by atoms with Gasteiger partial charge in [-0.2, -0.15) is 0 Å². The SMILES string of the molecule is CCC=CC(C)CCC1C2=CC(C=CCC)CCC2C(CCC(C)CCC)C2=CC(C)CCC21. The first-order valence-corrected chi connectivity index (χ1v) is 15.2. The Labute approximate surface area is 213 Å². The van der Waals surface area contributed by atoms with E-state index in [2.05, 4.69) is 78.0 Å². The van der Waals surface area contributed by atoms with Gasteiger partial charge in [0, 0.05) is 0 Å². The van der Waals surface area contributed by atoms with Gasteiger partial charge in [0.15, 0.2) is 0 Å². The minimum atomic E-state index is 0.679. The van der Waals surface area contributed by atoms with E-state index in [-0.39, 0.29) is 0 Å². The Balaban J connectivity index is 1.90. The van der Waals surface area contributed by atoms with E-state index in [1.807, 2.05) is 11.1 Å². The monoisotopic (exact) mass is 464 g/mol. The Morgan fingerprint density at radius 2 is 1.44 bits per heavy atom. The van der Waals surface area contributed by atoms with Gasteiger partial charge >= 0.3 is 0 Å². The molecule has 34 heavy (non-hydrogen) atoms. The van der Waals surface area contributed by atoms with Gasteiger partial charge in [0.2, 0.25) is 0 Å². The van der Waals surface area contributed by atoms with Crippen LogP contribution in [0.1, 0.15) is 119 Å². The highest BCUT2D eigenvalue weighted by Gasteiger charge is 2.45. The summed E-state index contributed by atoms with van der Waals surface area (Å²) in [6, 6.07) is 0. The van der Waals surface area contributed by atoms with Crippen LogP contribution in [-0.2, 0) is 0 Å². The van der Waals surface area contributed by atoms with Crippen molar-refractivity contribution in [3.05, 3.63) is 47.6 Å². The lowest BCUT2D eigenvalue weighted by Crippen LogP contribution is -2.40. The summed E-state index contributed by atoms with van der Waals surface area (Å²) < 4.78 is 0. The summed E-state index contributed by atoms with van der Waals surface area (Å²) in [7, 11) is 0. The minimum Gasteiger partial charge on any atom is -0.0885 e. The second-order valence-corrected chi connectivity index (χ2v) is 12.3. The van der Waals surface area contributed by atoms with Gasteiger partial charge < -0.3 is 0 Å². The standard InChI is InChI=1S/C34H56/c1-7-10-13-26(5)16-20-31-30-21-17-27(6)23-33(30)29(19-15-25(4)12-9-3)32-22-18-28(14-11-8-2)24-34(31)32/h10-11,13-14,23-32H,7-9,12,15-22H2,1-6H3. The van der Waals surface area contributed by atoms with E-state index in [0.29, 0.717) is 11.8 Å². The fourth-order valence-electron chi connectivity index (χ4n) is 7.47. The molecule has 8 atom stereocenters. The third-order valence-electron chi connectivity index (χ3n) is 9.32. The van der Waals surface area contributed by atoms with E-state index in [1.54, 1.807) is 0 Å². The summed E-state index contributed by atoms with van der Waals surface area (Å²) in [5.74, 6) is 6.31. The van der Waals surface area contributed by atoms with E-state index in [9.17, 15) is 0 Å². The van der Waals surface area contributed by atoms with Crippen LogP contribution in [0.15, 0.2) is 47.6 Å². The van der Waals surface area contributed by atoms with Crippen molar-refractivity contribution < 1.29 is 0 Å². The molecule has 0 N–H and O–H groups in total. The molecule has 0 spiro atoms. The van der Waals surface area contributed by atoms with Crippen molar-refractivity contribution in [2.45, 2.75) is 119 Å². The third kappa shape index (κ3) is 7.24. The molecule has 0 radical (unpaired) electrons. The van der Waals surface area contributed by atoms with Crippen molar-refractivity contribution in [1.29, 1.82) is 0 Å². The van der Waals surface area contributed by atoms with Crippen LogP contribution < -0.4 is 0 Å². The van der Waals surface area contributed by atoms with Gasteiger partial charge in [-0.3, -0.25) is 0 Å². The first-order valence-electron chi connectivity index (χ1n) is 15.2. The summed E-state index contributed by atoms with van der Waals surface area (Å²) in [6.07, 6.45) is 31.6. The lowest BCUT2D eigenvalue weighted by molar-refractivity contribution is 0.183. The molecule has 3 rings (SSSR count). The molecule has 192 valence electrons. The topological polar surface area (TPSA) is 0 Å². The highest BCUT2D eigenvalue weighted by Crippen LogP contribution is 2.56. The largest absolute Gasteiger partial charge is 0.0885 e. The highest BCUT2D eigenvalue weighted by molar-refractivity contribution is 5.33. The maximum Gasteiger partial charge on any atom is -0.00504 e. The Hall–Kier alpha value is -1.04. The fraction of sp³-hybridized carbons (Fsp3) is 0.765. The molecule has 0 bridgehead atoms. The second-order valence-electron chi connectivity index (χ2n) is 12.3. The van der Waals surface area contributed by atoms with Gasteiger partial charge in [0.1, 0.15) is 0 Å². The molecule has 0 aromatic heterocycles. The maximum absolute atomic E-state index is 2.79. The number of fused-ring (bicyclic) bond motifs is 2. The van der Waals surface area contributed by atoms with Gasteiger partial charge in [-0.15, -0.1) is 0 Å². The van der Waals surface area contributed by atoms with Gasteiger partial charge in [0.05, 0.1) is 0 Å². The normalized spacial score (nSPS) is 33.4. The summed E-state index contributed by atoms with van der Waals surface area (Å²) in [5.41, 5.74) is 3.81. The van der Waals surface area contributed by atoms with Crippen molar-refractivity contribution >= 4 is 0 Å². The van der Waals surface area contributed by atoms with Crippen LogP contribution in [0.5, 0.6) is 0 Å². The molecule has 0 aliphatic heterocycles. The molecule has 0 aromatic carbocycles. The first-order chi connectivity index (χ1) is 16.5. The Bertz CT molecular complexity index is 718. The number of allylic oxidation sites excluding steroid dienone is 8. The summed E-state index contributed by atoms with van der Waals surface area (Å²) >= 11 is 0. The number of rotatable bonds is 12. The van der Waals surface area contributed by atoms with Gasteiger partial charge in [-0.05, 0) is 105 Å². The zero-order chi connectivity index (χ0) is 24.5. The molecular formula is C34H56. The van der Waals surface area contributed by atoms with E-state index in [1.165, 1.54) is 70.6 Å². The van der Waals surface area contributed by atoms with Crippen LogP contribution in [0, 0.1) is 47.3 Å². The summed E-state index contributed by atoms with van der Waals surface area (Å²) in [4.78, 5) is 0. The van der Waals surface area contributed by atoms with Crippen LogP contribution in [0.2, 0.25) is 0 Å². The lowest BCUT2D eigenvalue weighted by atomic mass is 9.54. The quantitative estimate of drug-likeness (QED) is 0.252. The molecule has 3 aliphatic carbocycles. The molecule has 0 heterocycles. The average molecular weight is 465 g/mol. The van der Waals surface area contributed by atoms with Crippen molar-refractivity contribution in [2.75, 3.05) is 0 Å².